The Morgan fingerprint density at radius 3 is 2.50 bits per heavy atom. The lowest BCUT2D eigenvalue weighted by molar-refractivity contribution is -0.136. The first-order valence-corrected chi connectivity index (χ1v) is 6.63. The molecule has 0 spiro atoms. The Balaban J connectivity index is 1.77. The third-order valence-electron chi connectivity index (χ3n) is 3.92. The minimum absolute atomic E-state index is 0.307. The molecule has 1 aliphatic heterocycles. The largest absolute Gasteiger partial charge is 0.390 e. The van der Waals surface area contributed by atoms with Crippen molar-refractivity contribution in [1.29, 1.82) is 0 Å². The van der Waals surface area contributed by atoms with Crippen molar-refractivity contribution in [3.8, 4) is 0 Å². The maximum absolute atomic E-state index is 11.9. The van der Waals surface area contributed by atoms with Gasteiger partial charge in [0.2, 0.25) is 5.91 Å². The number of aliphatic hydroxyl groups is 1. The average Bonchev–Trinajstić information content (AvgIpc) is 3.02. The second-order valence-corrected chi connectivity index (χ2v) is 5.50. The fourth-order valence-electron chi connectivity index (χ4n) is 2.59. The summed E-state index contributed by atoms with van der Waals surface area (Å²) >= 11 is 0. The predicted molar refractivity (Wildman–Crippen MR) is 63.0 cm³/mol. The summed E-state index contributed by atoms with van der Waals surface area (Å²) in [7, 11) is 0. The molecule has 0 unspecified atom stereocenters. The third-order valence-corrected chi connectivity index (χ3v) is 3.92. The Hall–Kier alpha value is -0.570. The monoisotopic (exact) mass is 225 g/mol. The molecule has 2 fully saturated rings. The van der Waals surface area contributed by atoms with Crippen molar-refractivity contribution in [1.82, 2.24) is 4.90 Å². The molecule has 0 aromatic heterocycles. The van der Waals surface area contributed by atoms with Gasteiger partial charge in [0.25, 0.3) is 0 Å². The number of rotatable bonds is 4. The van der Waals surface area contributed by atoms with Crippen LogP contribution in [0, 0.1) is 5.92 Å². The van der Waals surface area contributed by atoms with E-state index in [2.05, 4.69) is 6.92 Å². The van der Waals surface area contributed by atoms with E-state index in [0.29, 0.717) is 11.8 Å². The molecule has 3 heteroatoms. The lowest BCUT2D eigenvalue weighted by atomic mass is 9.87. The van der Waals surface area contributed by atoms with Crippen molar-refractivity contribution >= 4 is 5.91 Å². The van der Waals surface area contributed by atoms with Gasteiger partial charge in [0.05, 0.1) is 5.60 Å². The molecule has 1 amide bonds. The maximum atomic E-state index is 11.9. The number of piperidine rings is 1. The summed E-state index contributed by atoms with van der Waals surface area (Å²) in [5.74, 6) is 0.977. The molecule has 1 heterocycles. The van der Waals surface area contributed by atoms with Crippen LogP contribution in [0.15, 0.2) is 0 Å². The number of nitrogens with zero attached hydrogens (tertiary/aromatic N) is 1. The molecule has 0 aromatic carbocycles. The molecule has 2 rings (SSSR count). The molecule has 16 heavy (non-hydrogen) atoms. The van der Waals surface area contributed by atoms with Crippen LogP contribution in [0.2, 0.25) is 0 Å². The molecular formula is C13H23NO2. The minimum Gasteiger partial charge on any atom is -0.390 e. The van der Waals surface area contributed by atoms with Crippen LogP contribution in [0.5, 0.6) is 0 Å². The molecular weight excluding hydrogens is 202 g/mol. The Kier molecular flexibility index (Phi) is 3.53. The summed E-state index contributed by atoms with van der Waals surface area (Å²) in [5.41, 5.74) is -0.495. The Labute approximate surface area is 97.8 Å². The van der Waals surface area contributed by atoms with Crippen molar-refractivity contribution in [3.05, 3.63) is 0 Å². The smallest absolute Gasteiger partial charge is 0.222 e. The van der Waals surface area contributed by atoms with E-state index in [4.69, 9.17) is 0 Å². The second kappa shape index (κ2) is 4.74. The number of hydrogen-bond donors (Lipinski definition) is 1. The highest BCUT2D eigenvalue weighted by molar-refractivity contribution is 5.76. The number of carbonyl (C=O) groups is 1. The van der Waals surface area contributed by atoms with Crippen LogP contribution in [0.3, 0.4) is 0 Å². The number of carbonyl (C=O) groups excluding carboxylic acids is 1. The average molecular weight is 225 g/mol. The normalized spacial score (nSPS) is 24.5. The molecule has 92 valence electrons. The standard InChI is InChI=1S/C13H23NO2/c1-2-5-13(16)6-8-14(9-7-13)12(15)10-11-3-4-11/h11,16H,2-10H2,1H3. The van der Waals surface area contributed by atoms with Crippen molar-refractivity contribution in [2.24, 2.45) is 5.92 Å². The SMILES string of the molecule is CCCC1(O)CCN(C(=O)CC2CC2)CC1. The molecule has 0 atom stereocenters. The maximum Gasteiger partial charge on any atom is 0.222 e. The second-order valence-electron chi connectivity index (χ2n) is 5.50. The topological polar surface area (TPSA) is 40.5 Å². The van der Waals surface area contributed by atoms with Gasteiger partial charge in [-0.05, 0) is 38.0 Å². The van der Waals surface area contributed by atoms with Crippen molar-refractivity contribution in [3.63, 3.8) is 0 Å². The first kappa shape index (κ1) is 11.9. The predicted octanol–water partition coefficient (Wildman–Crippen LogP) is 1.94. The first-order chi connectivity index (χ1) is 7.63. The van der Waals surface area contributed by atoms with E-state index >= 15 is 0 Å². The molecule has 0 bridgehead atoms. The Morgan fingerprint density at radius 1 is 1.38 bits per heavy atom. The quantitative estimate of drug-likeness (QED) is 0.794. The van der Waals surface area contributed by atoms with Crippen LogP contribution < -0.4 is 0 Å². The summed E-state index contributed by atoms with van der Waals surface area (Å²) in [6, 6.07) is 0. The molecule has 1 saturated carbocycles. The zero-order valence-electron chi connectivity index (χ0n) is 10.2. The summed E-state index contributed by atoms with van der Waals surface area (Å²) in [5, 5.41) is 10.2. The van der Waals surface area contributed by atoms with Gasteiger partial charge in [-0.1, -0.05) is 13.3 Å². The van der Waals surface area contributed by atoms with Gasteiger partial charge in [-0.25, -0.2) is 0 Å². The van der Waals surface area contributed by atoms with Crippen LogP contribution in [0.25, 0.3) is 0 Å². The fraction of sp³-hybridized carbons (Fsp3) is 0.923. The van der Waals surface area contributed by atoms with Gasteiger partial charge in [-0.3, -0.25) is 4.79 Å². The van der Waals surface area contributed by atoms with Crippen LogP contribution in [0.1, 0.15) is 51.9 Å². The molecule has 1 saturated heterocycles. The van der Waals surface area contributed by atoms with Gasteiger partial charge >= 0.3 is 0 Å². The van der Waals surface area contributed by atoms with Gasteiger partial charge in [-0.2, -0.15) is 0 Å². The van der Waals surface area contributed by atoms with E-state index in [1.54, 1.807) is 0 Å². The van der Waals surface area contributed by atoms with E-state index in [1.807, 2.05) is 4.90 Å². The lowest BCUT2D eigenvalue weighted by Crippen LogP contribution is -2.46. The third kappa shape index (κ3) is 2.97. The van der Waals surface area contributed by atoms with Crippen LogP contribution >= 0.6 is 0 Å². The molecule has 1 aliphatic carbocycles. The van der Waals surface area contributed by atoms with Crippen molar-refractivity contribution < 1.29 is 9.90 Å². The van der Waals surface area contributed by atoms with Gasteiger partial charge in [-0.15, -0.1) is 0 Å². The van der Waals surface area contributed by atoms with Crippen molar-refractivity contribution in [2.75, 3.05) is 13.1 Å². The van der Waals surface area contributed by atoms with Gasteiger partial charge < -0.3 is 10.0 Å². The molecule has 3 nitrogen and oxygen atoms in total. The first-order valence-electron chi connectivity index (χ1n) is 6.63. The highest BCUT2D eigenvalue weighted by Gasteiger charge is 2.34. The van der Waals surface area contributed by atoms with Crippen molar-refractivity contribution in [2.45, 2.75) is 57.5 Å². The molecule has 1 N–H and O–H groups in total. The van der Waals surface area contributed by atoms with Gasteiger partial charge in [0.1, 0.15) is 0 Å². The molecule has 0 aromatic rings. The lowest BCUT2D eigenvalue weighted by Gasteiger charge is -2.38. The van der Waals surface area contributed by atoms with E-state index in [9.17, 15) is 9.90 Å². The Bertz CT molecular complexity index is 253. The van der Waals surface area contributed by atoms with Gasteiger partial charge in [0, 0.05) is 19.5 Å². The summed E-state index contributed by atoms with van der Waals surface area (Å²) in [6.45, 7) is 3.60. The van der Waals surface area contributed by atoms with E-state index in [1.165, 1.54) is 12.8 Å². The van der Waals surface area contributed by atoms with E-state index in [-0.39, 0.29) is 0 Å². The number of hydrogen-bond acceptors (Lipinski definition) is 2. The van der Waals surface area contributed by atoms with Gasteiger partial charge in [0.15, 0.2) is 0 Å². The fourth-order valence-corrected chi connectivity index (χ4v) is 2.59. The summed E-state index contributed by atoms with van der Waals surface area (Å²) in [6.07, 6.45) is 6.63. The van der Waals surface area contributed by atoms with Crippen LogP contribution in [-0.4, -0.2) is 34.6 Å². The zero-order valence-corrected chi connectivity index (χ0v) is 10.2. The molecule has 2 aliphatic rings. The highest BCUT2D eigenvalue weighted by atomic mass is 16.3. The number of likely N-dealkylation sites (tertiary alicyclic amines) is 1. The van der Waals surface area contributed by atoms with Crippen LogP contribution in [0.4, 0.5) is 0 Å². The van der Waals surface area contributed by atoms with E-state index < -0.39 is 5.60 Å². The van der Waals surface area contributed by atoms with Crippen LogP contribution in [-0.2, 0) is 4.79 Å². The Morgan fingerprint density at radius 2 is 2.00 bits per heavy atom. The molecule has 0 radical (unpaired) electrons. The summed E-state index contributed by atoms with van der Waals surface area (Å²) in [4.78, 5) is 13.8. The zero-order chi connectivity index (χ0) is 11.6. The number of amides is 1. The summed E-state index contributed by atoms with van der Waals surface area (Å²) < 4.78 is 0. The van der Waals surface area contributed by atoms with E-state index in [0.717, 1.165) is 45.2 Å². The minimum atomic E-state index is -0.495. The highest BCUT2D eigenvalue weighted by Crippen LogP contribution is 2.34.